The molecule has 14 heteroatoms. The molecular formula is C74H42N10O2S2. The number of furan rings is 2. The molecule has 1 atom stereocenters. The summed E-state index contributed by atoms with van der Waals surface area (Å²) in [6.45, 7) is 0. The fraction of sp³-hybridized carbons (Fsp3) is 0.0270. The molecule has 12 aromatic heterocycles. The number of pyridine rings is 6. The van der Waals surface area contributed by atoms with Gasteiger partial charge in [-0.05, 0) is 141 Å². The minimum Gasteiger partial charge on any atom is -0.459 e. The molecular weight excluding hydrogens is 1130 g/mol. The lowest BCUT2D eigenvalue weighted by molar-refractivity contribution is 0.512. The van der Waals surface area contributed by atoms with Crippen LogP contribution in [-0.2, 0) is 0 Å². The molecule has 0 saturated carbocycles. The van der Waals surface area contributed by atoms with Gasteiger partial charge >= 0.3 is 0 Å². The Bertz CT molecular complexity index is 5630. The fourth-order valence-corrected chi connectivity index (χ4v) is 14.7. The smallest absolute Gasteiger partial charge is 0.144 e. The van der Waals surface area contributed by atoms with Crippen LogP contribution in [0.1, 0.15) is 29.4 Å². The zero-order valence-electron chi connectivity index (χ0n) is 46.4. The van der Waals surface area contributed by atoms with Crippen LogP contribution >= 0.6 is 22.7 Å². The first-order valence-electron chi connectivity index (χ1n) is 28.8. The lowest BCUT2D eigenvalue weighted by Gasteiger charge is -2.19. The van der Waals surface area contributed by atoms with Crippen molar-refractivity contribution in [3.8, 4) is 89.3 Å². The lowest BCUT2D eigenvalue weighted by Crippen LogP contribution is -2.06. The second-order valence-electron chi connectivity index (χ2n) is 21.8. The maximum absolute atomic E-state index is 7.19. The Morgan fingerprint density at radius 2 is 0.943 bits per heavy atom. The maximum Gasteiger partial charge on any atom is 0.144 e. The summed E-state index contributed by atoms with van der Waals surface area (Å²) in [5.74, 6) is 0.650. The molecule has 1 aliphatic carbocycles. The van der Waals surface area contributed by atoms with Crippen molar-refractivity contribution < 1.29 is 8.83 Å². The van der Waals surface area contributed by atoms with Gasteiger partial charge in [-0.2, -0.15) is 0 Å². The average Bonchev–Trinajstić information content (AvgIpc) is 1.68. The molecule has 18 rings (SSSR count). The van der Waals surface area contributed by atoms with Gasteiger partial charge in [0.1, 0.15) is 53.6 Å². The highest BCUT2D eigenvalue weighted by Crippen LogP contribution is 2.49. The molecule has 0 spiro atoms. The summed E-state index contributed by atoms with van der Waals surface area (Å²) in [6.07, 6.45) is 25.5. The maximum atomic E-state index is 7.19. The van der Waals surface area contributed by atoms with Crippen molar-refractivity contribution in [3.63, 3.8) is 0 Å². The van der Waals surface area contributed by atoms with Crippen LogP contribution in [0.4, 0.5) is 0 Å². The molecule has 0 amide bonds. The highest BCUT2D eigenvalue weighted by atomic mass is 32.1. The molecule has 0 bridgehead atoms. The Kier molecular flexibility index (Phi) is 11.5. The largest absolute Gasteiger partial charge is 0.459 e. The molecule has 0 radical (unpaired) electrons. The number of nitrogens with zero attached hydrogens (tertiary/aromatic N) is 10. The first-order chi connectivity index (χ1) is 43.6. The zero-order chi connectivity index (χ0) is 57.8. The van der Waals surface area contributed by atoms with Gasteiger partial charge in [-0.1, -0.05) is 96.3 Å². The molecule has 0 N–H and O–H groups in total. The Balaban J connectivity index is 0.726. The molecule has 88 heavy (non-hydrogen) atoms. The Hall–Kier alpha value is -11.3. The molecule has 0 fully saturated rings. The van der Waals surface area contributed by atoms with Gasteiger partial charge in [-0.25, -0.2) is 29.9 Å². The van der Waals surface area contributed by atoms with E-state index >= 15 is 0 Å². The lowest BCUT2D eigenvalue weighted by atomic mass is 9.85. The number of benzene rings is 5. The summed E-state index contributed by atoms with van der Waals surface area (Å²) in [5.41, 5.74) is 22.2. The minimum atomic E-state index is -0.200. The standard InChI is InChI=1S/C74H42N10O2S2/c1-2-8-48(47(7-1)42-21-29-76-30-22-42)60-17-18-63-66(82-60)67-74(87-63)81-40-62(84-67)56-16-6-14-54-52-12-4-10-50(69(52)86-71(54)56)49-9-3-11-51-53-13-5-15-55(70(53)85-68(49)51)61-39-80-73-65(83-61)59-37-46(38-79-72(59)88-73)64-57(43-23-31-77-32-24-43)35-45(41-19-27-75-28-20-41)36-58(64)44-25-33-78-34-26-44/h1-14,16-40,55H,15H2. The van der Waals surface area contributed by atoms with Gasteiger partial charge in [0.25, 0.3) is 0 Å². The Morgan fingerprint density at radius 1 is 0.375 bits per heavy atom. The summed E-state index contributed by atoms with van der Waals surface area (Å²) in [7, 11) is 0. The van der Waals surface area contributed by atoms with E-state index in [2.05, 4.69) is 159 Å². The van der Waals surface area contributed by atoms with Crippen LogP contribution in [0.15, 0.2) is 241 Å². The highest BCUT2D eigenvalue weighted by Gasteiger charge is 2.30. The van der Waals surface area contributed by atoms with E-state index in [1.807, 2.05) is 98.5 Å². The summed E-state index contributed by atoms with van der Waals surface area (Å²) >= 11 is 3.14. The Labute approximate surface area is 509 Å². The SMILES string of the molecule is C1=Cc2c(oc3c(-c4cccc5c4oc4c(-c6cnc7sc8ccc(-c9ccccc9-c9ccncc9)nc8c7n6)cccc45)cccc23)C(c2cnc3sc4ncc(-c5c(-c6ccncc6)cc(-c6ccncc6)cc5-c5ccncc5)cc4c3n2)C1. The van der Waals surface area contributed by atoms with Crippen molar-refractivity contribution in [3.05, 3.63) is 249 Å². The highest BCUT2D eigenvalue weighted by molar-refractivity contribution is 7.25. The van der Waals surface area contributed by atoms with Gasteiger partial charge in [0.15, 0.2) is 0 Å². The van der Waals surface area contributed by atoms with Crippen LogP contribution in [0.5, 0.6) is 0 Å². The van der Waals surface area contributed by atoms with Crippen molar-refractivity contribution in [2.24, 2.45) is 0 Å². The number of thiophene rings is 2. The summed E-state index contributed by atoms with van der Waals surface area (Å²) in [5, 5.41) is 3.92. The second kappa shape index (κ2) is 20.2. The van der Waals surface area contributed by atoms with Crippen LogP contribution in [0.2, 0.25) is 0 Å². The monoisotopic (exact) mass is 1170 g/mol. The second-order valence-corrected chi connectivity index (χ2v) is 23.8. The molecule has 0 saturated heterocycles. The molecule has 17 aromatic rings. The number of hydrogen-bond donors (Lipinski definition) is 0. The first-order valence-corrected chi connectivity index (χ1v) is 30.4. The molecule has 12 nitrogen and oxygen atoms in total. The third-order valence-electron chi connectivity index (χ3n) is 16.9. The van der Waals surface area contributed by atoms with Gasteiger partial charge < -0.3 is 8.83 Å². The number of aromatic nitrogens is 10. The topological polar surface area (TPSA) is 155 Å². The van der Waals surface area contributed by atoms with Crippen molar-refractivity contribution >= 4 is 103 Å². The van der Waals surface area contributed by atoms with Crippen LogP contribution in [0, 0.1) is 0 Å². The van der Waals surface area contributed by atoms with E-state index in [4.69, 9.17) is 38.7 Å². The van der Waals surface area contributed by atoms with Crippen molar-refractivity contribution in [2.75, 3.05) is 0 Å². The van der Waals surface area contributed by atoms with E-state index in [0.29, 0.717) is 12.1 Å². The van der Waals surface area contributed by atoms with Crippen LogP contribution < -0.4 is 0 Å². The first kappa shape index (κ1) is 50.0. The predicted molar refractivity (Wildman–Crippen MR) is 353 cm³/mol. The van der Waals surface area contributed by atoms with Gasteiger partial charge in [0.2, 0.25) is 0 Å². The van der Waals surface area contributed by atoms with Crippen LogP contribution in [-0.4, -0.2) is 49.8 Å². The molecule has 0 aliphatic heterocycles. The predicted octanol–water partition coefficient (Wildman–Crippen LogP) is 18.9. The number of rotatable bonds is 9. The number of para-hydroxylation sites is 3. The van der Waals surface area contributed by atoms with E-state index in [1.54, 1.807) is 22.7 Å². The number of hydrogen-bond acceptors (Lipinski definition) is 14. The fourth-order valence-electron chi connectivity index (χ4n) is 12.8. The van der Waals surface area contributed by atoms with Gasteiger partial charge in [0, 0.05) is 111 Å². The van der Waals surface area contributed by atoms with Crippen molar-refractivity contribution in [1.29, 1.82) is 0 Å². The molecule has 1 unspecified atom stereocenters. The van der Waals surface area contributed by atoms with Crippen LogP contribution in [0.3, 0.4) is 0 Å². The van der Waals surface area contributed by atoms with E-state index in [-0.39, 0.29) is 5.92 Å². The van der Waals surface area contributed by atoms with E-state index < -0.39 is 0 Å². The zero-order valence-corrected chi connectivity index (χ0v) is 48.0. The molecule has 12 heterocycles. The number of allylic oxidation sites excluding steroid dienone is 1. The van der Waals surface area contributed by atoms with E-state index in [0.717, 1.165) is 175 Å². The van der Waals surface area contributed by atoms with Crippen molar-refractivity contribution in [2.45, 2.75) is 12.3 Å². The summed E-state index contributed by atoms with van der Waals surface area (Å²) < 4.78 is 15.3. The van der Waals surface area contributed by atoms with E-state index in [9.17, 15) is 0 Å². The van der Waals surface area contributed by atoms with E-state index in [1.165, 1.54) is 0 Å². The molecule has 412 valence electrons. The van der Waals surface area contributed by atoms with Crippen LogP contribution in [0.25, 0.3) is 169 Å². The third-order valence-corrected chi connectivity index (χ3v) is 19.0. The molecule has 1 aliphatic rings. The van der Waals surface area contributed by atoms with Gasteiger partial charge in [0.05, 0.1) is 40.1 Å². The summed E-state index contributed by atoms with van der Waals surface area (Å²) in [6, 6.07) is 54.6. The third kappa shape index (κ3) is 8.10. The minimum absolute atomic E-state index is 0.200. The summed E-state index contributed by atoms with van der Waals surface area (Å²) in [4.78, 5) is 51.2. The number of fused-ring (bicyclic) bond motifs is 12. The van der Waals surface area contributed by atoms with Crippen molar-refractivity contribution in [1.82, 2.24) is 49.8 Å². The van der Waals surface area contributed by atoms with Gasteiger partial charge in [-0.15, -0.1) is 11.3 Å². The molecule has 5 aromatic carbocycles. The Morgan fingerprint density at radius 3 is 1.65 bits per heavy atom. The van der Waals surface area contributed by atoms with Gasteiger partial charge in [-0.3, -0.25) is 19.9 Å². The quantitative estimate of drug-likeness (QED) is 0.135. The average molecular weight is 1170 g/mol. The normalized spacial score (nSPS) is 13.2.